The van der Waals surface area contributed by atoms with Crippen molar-refractivity contribution >= 4 is 22.5 Å². The van der Waals surface area contributed by atoms with E-state index < -0.39 is 0 Å². The number of para-hydroxylation sites is 1. The van der Waals surface area contributed by atoms with Gasteiger partial charge < -0.3 is 9.88 Å². The van der Waals surface area contributed by atoms with Crippen molar-refractivity contribution < 1.29 is 4.79 Å². The van der Waals surface area contributed by atoms with Gasteiger partial charge in [0.2, 0.25) is 5.91 Å². The molecule has 5 nitrogen and oxygen atoms in total. The minimum atomic E-state index is 0.0409. The fourth-order valence-electron chi connectivity index (χ4n) is 2.57. The van der Waals surface area contributed by atoms with Gasteiger partial charge in [0.05, 0.1) is 18.3 Å². The molecule has 3 aromatic rings. The summed E-state index contributed by atoms with van der Waals surface area (Å²) in [6.45, 7) is 2.13. The molecule has 1 aromatic carbocycles. The maximum atomic E-state index is 12.4. The Bertz CT molecular complexity index is 758. The number of anilines is 1. The number of aryl methyl sites for hydroxylation is 1. The van der Waals surface area contributed by atoms with Crippen molar-refractivity contribution in [1.82, 2.24) is 15.2 Å². The van der Waals surface area contributed by atoms with Gasteiger partial charge in [-0.2, -0.15) is 5.10 Å². The summed E-state index contributed by atoms with van der Waals surface area (Å²) in [5, 5.41) is 7.72. The van der Waals surface area contributed by atoms with E-state index in [-0.39, 0.29) is 5.91 Å². The molecule has 0 bridgehead atoms. The van der Waals surface area contributed by atoms with E-state index in [1.165, 1.54) is 5.56 Å². The third-order valence-corrected chi connectivity index (χ3v) is 3.86. The molecule has 0 spiro atoms. The minimum absolute atomic E-state index is 0.0409. The largest absolute Gasteiger partial charge is 0.361 e. The SMILES string of the molecule is CCc1cccc2c(CC(=O)N(C)c3cn[nH]c3)c[nH]c12. The van der Waals surface area contributed by atoms with Crippen LogP contribution in [-0.2, 0) is 17.6 Å². The molecule has 108 valence electrons. The Balaban J connectivity index is 1.87. The van der Waals surface area contributed by atoms with E-state index in [1.807, 2.05) is 12.3 Å². The fourth-order valence-corrected chi connectivity index (χ4v) is 2.57. The standard InChI is InChI=1S/C16H18N4O/c1-3-11-5-4-6-14-12(8-17-16(11)14)7-15(21)20(2)13-9-18-19-10-13/h4-6,8-10,17H,3,7H2,1-2H3,(H,18,19). The monoisotopic (exact) mass is 282 g/mol. The average Bonchev–Trinajstić information content (AvgIpc) is 3.16. The third-order valence-electron chi connectivity index (χ3n) is 3.86. The van der Waals surface area contributed by atoms with E-state index in [0.29, 0.717) is 6.42 Å². The molecular weight excluding hydrogens is 264 g/mol. The molecule has 0 fully saturated rings. The lowest BCUT2D eigenvalue weighted by Gasteiger charge is -2.14. The lowest BCUT2D eigenvalue weighted by molar-refractivity contribution is -0.117. The number of carbonyl (C=O) groups excluding carboxylic acids is 1. The normalized spacial score (nSPS) is 11.0. The lowest BCUT2D eigenvalue weighted by Crippen LogP contribution is -2.27. The van der Waals surface area contributed by atoms with Crippen LogP contribution in [0, 0.1) is 0 Å². The van der Waals surface area contributed by atoms with Crippen LogP contribution in [0.2, 0.25) is 0 Å². The Morgan fingerprint density at radius 2 is 2.14 bits per heavy atom. The molecule has 2 aromatic heterocycles. The number of amides is 1. The van der Waals surface area contributed by atoms with Crippen LogP contribution in [0.3, 0.4) is 0 Å². The first-order valence-electron chi connectivity index (χ1n) is 7.04. The number of carbonyl (C=O) groups is 1. The summed E-state index contributed by atoms with van der Waals surface area (Å²) < 4.78 is 0. The highest BCUT2D eigenvalue weighted by atomic mass is 16.2. The number of aromatic nitrogens is 3. The zero-order valence-electron chi connectivity index (χ0n) is 12.2. The average molecular weight is 282 g/mol. The molecule has 0 saturated carbocycles. The van der Waals surface area contributed by atoms with Gasteiger partial charge in [0.25, 0.3) is 0 Å². The number of nitrogens with one attached hydrogen (secondary N) is 2. The highest BCUT2D eigenvalue weighted by Crippen LogP contribution is 2.23. The summed E-state index contributed by atoms with van der Waals surface area (Å²) in [6, 6.07) is 6.22. The van der Waals surface area contributed by atoms with Crippen molar-refractivity contribution in [2.24, 2.45) is 0 Å². The molecule has 0 radical (unpaired) electrons. The van der Waals surface area contributed by atoms with E-state index in [1.54, 1.807) is 24.3 Å². The molecule has 2 heterocycles. The van der Waals surface area contributed by atoms with Crippen LogP contribution in [0.15, 0.2) is 36.8 Å². The smallest absolute Gasteiger partial charge is 0.231 e. The maximum Gasteiger partial charge on any atom is 0.231 e. The third kappa shape index (κ3) is 2.42. The molecule has 5 heteroatoms. The van der Waals surface area contributed by atoms with Gasteiger partial charge >= 0.3 is 0 Å². The molecule has 0 aliphatic rings. The van der Waals surface area contributed by atoms with E-state index in [2.05, 4.69) is 34.2 Å². The molecule has 1 amide bonds. The number of likely N-dealkylation sites (N-methyl/N-ethyl adjacent to an activating group) is 1. The number of nitrogens with zero attached hydrogens (tertiary/aromatic N) is 2. The summed E-state index contributed by atoms with van der Waals surface area (Å²) in [6.07, 6.45) is 6.63. The second kappa shape index (κ2) is 5.44. The Kier molecular flexibility index (Phi) is 3.48. The molecular formula is C16H18N4O. The Labute approximate surface area is 123 Å². The predicted octanol–water partition coefficient (Wildman–Crippen LogP) is 2.66. The summed E-state index contributed by atoms with van der Waals surface area (Å²) in [7, 11) is 1.76. The predicted molar refractivity (Wildman–Crippen MR) is 83.4 cm³/mol. The summed E-state index contributed by atoms with van der Waals surface area (Å²) in [5.74, 6) is 0.0409. The molecule has 2 N–H and O–H groups in total. The Morgan fingerprint density at radius 3 is 2.86 bits per heavy atom. The van der Waals surface area contributed by atoms with Crippen LogP contribution >= 0.6 is 0 Å². The maximum absolute atomic E-state index is 12.4. The summed E-state index contributed by atoms with van der Waals surface area (Å²) in [5.41, 5.74) is 4.21. The van der Waals surface area contributed by atoms with Crippen molar-refractivity contribution in [3.63, 3.8) is 0 Å². The van der Waals surface area contributed by atoms with Crippen molar-refractivity contribution in [2.75, 3.05) is 11.9 Å². The Morgan fingerprint density at radius 1 is 1.29 bits per heavy atom. The minimum Gasteiger partial charge on any atom is -0.361 e. The topological polar surface area (TPSA) is 64.8 Å². The molecule has 3 rings (SSSR count). The van der Waals surface area contributed by atoms with Gasteiger partial charge in [-0.1, -0.05) is 25.1 Å². The van der Waals surface area contributed by atoms with Crippen molar-refractivity contribution in [3.05, 3.63) is 47.9 Å². The molecule has 0 unspecified atom stereocenters. The molecule has 0 atom stereocenters. The van der Waals surface area contributed by atoms with Gasteiger partial charge in [-0.25, -0.2) is 0 Å². The second-order valence-electron chi connectivity index (χ2n) is 5.09. The van der Waals surface area contributed by atoms with Crippen molar-refractivity contribution in [3.8, 4) is 0 Å². The van der Waals surface area contributed by atoms with Crippen LogP contribution in [0.1, 0.15) is 18.1 Å². The molecule has 21 heavy (non-hydrogen) atoms. The highest BCUT2D eigenvalue weighted by Gasteiger charge is 2.15. The number of hydrogen-bond acceptors (Lipinski definition) is 2. The number of hydrogen-bond donors (Lipinski definition) is 2. The van der Waals surface area contributed by atoms with Crippen LogP contribution < -0.4 is 4.90 Å². The zero-order chi connectivity index (χ0) is 14.8. The van der Waals surface area contributed by atoms with E-state index in [0.717, 1.165) is 28.6 Å². The number of benzene rings is 1. The lowest BCUT2D eigenvalue weighted by atomic mass is 10.1. The second-order valence-corrected chi connectivity index (χ2v) is 5.09. The first kappa shape index (κ1) is 13.4. The fraction of sp³-hybridized carbons (Fsp3) is 0.250. The summed E-state index contributed by atoms with van der Waals surface area (Å²) >= 11 is 0. The molecule has 0 aliphatic heterocycles. The molecule has 0 aliphatic carbocycles. The van der Waals surface area contributed by atoms with Crippen molar-refractivity contribution in [2.45, 2.75) is 19.8 Å². The van der Waals surface area contributed by atoms with Crippen LogP contribution in [0.25, 0.3) is 10.9 Å². The number of fused-ring (bicyclic) bond motifs is 1. The Hall–Kier alpha value is -2.56. The van der Waals surface area contributed by atoms with Gasteiger partial charge in [0.1, 0.15) is 0 Å². The zero-order valence-corrected chi connectivity index (χ0v) is 12.2. The van der Waals surface area contributed by atoms with Crippen LogP contribution in [0.4, 0.5) is 5.69 Å². The molecule has 0 saturated heterocycles. The van der Waals surface area contributed by atoms with Gasteiger partial charge in [-0.05, 0) is 17.5 Å². The first-order chi connectivity index (χ1) is 10.2. The highest BCUT2D eigenvalue weighted by molar-refractivity contribution is 5.97. The van der Waals surface area contributed by atoms with E-state index in [4.69, 9.17) is 0 Å². The van der Waals surface area contributed by atoms with Crippen LogP contribution in [0.5, 0.6) is 0 Å². The van der Waals surface area contributed by atoms with E-state index in [9.17, 15) is 4.79 Å². The van der Waals surface area contributed by atoms with Crippen LogP contribution in [-0.4, -0.2) is 28.1 Å². The first-order valence-corrected chi connectivity index (χ1v) is 7.04. The van der Waals surface area contributed by atoms with Crippen molar-refractivity contribution in [1.29, 1.82) is 0 Å². The number of H-pyrrole nitrogens is 2. The van der Waals surface area contributed by atoms with Gasteiger partial charge in [-0.3, -0.25) is 9.89 Å². The van der Waals surface area contributed by atoms with Gasteiger partial charge in [-0.15, -0.1) is 0 Å². The summed E-state index contributed by atoms with van der Waals surface area (Å²) in [4.78, 5) is 17.3. The number of aromatic amines is 2. The number of rotatable bonds is 4. The van der Waals surface area contributed by atoms with Gasteiger partial charge in [0, 0.05) is 30.3 Å². The quantitative estimate of drug-likeness (QED) is 0.772. The van der Waals surface area contributed by atoms with Gasteiger partial charge in [0.15, 0.2) is 0 Å². The van der Waals surface area contributed by atoms with E-state index >= 15 is 0 Å².